The SMILES string of the molecule is CN1CCN(Cc2ccc(N3C[C@H](C4CC4)[C@@H](N)C3)nc2)CC1. The quantitative estimate of drug-likeness (QED) is 0.898. The molecule has 1 saturated carbocycles. The average Bonchev–Trinajstić information content (AvgIpc) is 3.33. The van der Waals surface area contributed by atoms with Crippen LogP contribution in [0.5, 0.6) is 0 Å². The summed E-state index contributed by atoms with van der Waals surface area (Å²) < 4.78 is 0. The highest BCUT2D eigenvalue weighted by Gasteiger charge is 2.41. The molecule has 5 heteroatoms. The maximum absolute atomic E-state index is 6.33. The van der Waals surface area contributed by atoms with Crippen LogP contribution in [0.25, 0.3) is 0 Å². The standard InChI is InChI=1S/C18H29N5/c1-21-6-8-22(9-7-21)11-14-2-5-18(20-10-14)23-12-16(15-3-4-15)17(19)13-23/h2,5,10,15-17H,3-4,6-9,11-13,19H2,1H3/t16-,17+/m1/s1. The largest absolute Gasteiger partial charge is 0.355 e. The Morgan fingerprint density at radius 3 is 2.57 bits per heavy atom. The first-order valence-electron chi connectivity index (χ1n) is 9.05. The lowest BCUT2D eigenvalue weighted by molar-refractivity contribution is 0.148. The molecule has 3 heterocycles. The van der Waals surface area contributed by atoms with Crippen molar-refractivity contribution in [2.45, 2.75) is 25.4 Å². The molecule has 3 aliphatic rings. The molecule has 23 heavy (non-hydrogen) atoms. The number of hydrogen-bond acceptors (Lipinski definition) is 5. The molecule has 0 bridgehead atoms. The monoisotopic (exact) mass is 315 g/mol. The Balaban J connectivity index is 1.34. The van der Waals surface area contributed by atoms with E-state index in [4.69, 9.17) is 10.7 Å². The number of nitrogens with zero attached hydrogens (tertiary/aromatic N) is 4. The minimum absolute atomic E-state index is 0.328. The number of anilines is 1. The summed E-state index contributed by atoms with van der Waals surface area (Å²) in [5, 5.41) is 0. The average molecular weight is 315 g/mol. The molecule has 2 N–H and O–H groups in total. The van der Waals surface area contributed by atoms with Crippen LogP contribution in [0, 0.1) is 11.8 Å². The molecule has 126 valence electrons. The van der Waals surface area contributed by atoms with Crippen molar-refractivity contribution in [3.63, 3.8) is 0 Å². The molecule has 5 nitrogen and oxygen atoms in total. The van der Waals surface area contributed by atoms with Gasteiger partial charge in [-0.1, -0.05) is 6.07 Å². The first-order chi connectivity index (χ1) is 11.2. The Bertz CT molecular complexity index is 519. The molecule has 1 aliphatic carbocycles. The molecule has 2 atom stereocenters. The van der Waals surface area contributed by atoms with Gasteiger partial charge in [0.15, 0.2) is 0 Å². The Morgan fingerprint density at radius 2 is 1.91 bits per heavy atom. The fourth-order valence-electron chi connectivity index (χ4n) is 4.03. The van der Waals surface area contributed by atoms with E-state index < -0.39 is 0 Å². The van der Waals surface area contributed by atoms with Crippen molar-refractivity contribution in [3.8, 4) is 0 Å². The molecule has 2 saturated heterocycles. The third-order valence-electron chi connectivity index (χ3n) is 5.78. The maximum Gasteiger partial charge on any atom is 0.128 e. The van der Waals surface area contributed by atoms with Crippen LogP contribution in [0.1, 0.15) is 18.4 Å². The lowest BCUT2D eigenvalue weighted by Gasteiger charge is -2.32. The van der Waals surface area contributed by atoms with Crippen LogP contribution in [0.2, 0.25) is 0 Å². The van der Waals surface area contributed by atoms with E-state index in [2.05, 4.69) is 40.1 Å². The summed E-state index contributed by atoms with van der Waals surface area (Å²) in [4.78, 5) is 12.0. The van der Waals surface area contributed by atoms with Gasteiger partial charge in [0.05, 0.1) is 0 Å². The lowest BCUT2D eigenvalue weighted by Crippen LogP contribution is -2.43. The number of pyridine rings is 1. The predicted octanol–water partition coefficient (Wildman–Crippen LogP) is 1.00. The summed E-state index contributed by atoms with van der Waals surface area (Å²) in [6.07, 6.45) is 4.82. The van der Waals surface area contributed by atoms with Crippen LogP contribution in [-0.2, 0) is 6.54 Å². The second-order valence-corrected chi connectivity index (χ2v) is 7.67. The molecule has 0 amide bonds. The lowest BCUT2D eigenvalue weighted by atomic mass is 9.99. The van der Waals surface area contributed by atoms with E-state index in [1.165, 1.54) is 31.5 Å². The second-order valence-electron chi connectivity index (χ2n) is 7.67. The number of likely N-dealkylation sites (N-methyl/N-ethyl adjacent to an activating group) is 1. The van der Waals surface area contributed by atoms with Crippen molar-refractivity contribution >= 4 is 5.82 Å². The fraction of sp³-hybridized carbons (Fsp3) is 0.722. The van der Waals surface area contributed by atoms with Gasteiger partial charge in [0, 0.05) is 58.1 Å². The zero-order chi connectivity index (χ0) is 15.8. The predicted molar refractivity (Wildman–Crippen MR) is 93.4 cm³/mol. The van der Waals surface area contributed by atoms with E-state index >= 15 is 0 Å². The molecular formula is C18H29N5. The molecule has 2 aliphatic heterocycles. The van der Waals surface area contributed by atoms with Gasteiger partial charge in [-0.25, -0.2) is 4.98 Å². The van der Waals surface area contributed by atoms with Gasteiger partial charge in [-0.2, -0.15) is 0 Å². The molecule has 1 aromatic heterocycles. The summed E-state index contributed by atoms with van der Waals surface area (Å²) in [5.74, 6) is 2.67. The second kappa shape index (κ2) is 6.38. The van der Waals surface area contributed by atoms with Gasteiger partial charge in [-0.15, -0.1) is 0 Å². The first kappa shape index (κ1) is 15.4. The minimum atomic E-state index is 0.328. The maximum atomic E-state index is 6.33. The van der Waals surface area contributed by atoms with E-state index in [9.17, 15) is 0 Å². The molecule has 3 fully saturated rings. The van der Waals surface area contributed by atoms with Crippen molar-refractivity contribution in [2.24, 2.45) is 17.6 Å². The summed E-state index contributed by atoms with van der Waals surface area (Å²) in [6.45, 7) is 7.72. The molecule has 1 aromatic rings. The normalized spacial score (nSPS) is 30.1. The number of aromatic nitrogens is 1. The van der Waals surface area contributed by atoms with Crippen LogP contribution < -0.4 is 10.6 Å². The van der Waals surface area contributed by atoms with E-state index in [1.807, 2.05) is 0 Å². The van der Waals surface area contributed by atoms with Crippen molar-refractivity contribution in [1.82, 2.24) is 14.8 Å². The summed E-state index contributed by atoms with van der Waals surface area (Å²) >= 11 is 0. The van der Waals surface area contributed by atoms with E-state index in [1.54, 1.807) is 0 Å². The topological polar surface area (TPSA) is 48.6 Å². The van der Waals surface area contributed by atoms with Crippen LogP contribution in [0.4, 0.5) is 5.82 Å². The van der Waals surface area contributed by atoms with Crippen molar-refractivity contribution in [2.75, 3.05) is 51.2 Å². The number of hydrogen-bond donors (Lipinski definition) is 1. The molecule has 0 unspecified atom stereocenters. The van der Waals surface area contributed by atoms with Crippen LogP contribution in [0.15, 0.2) is 18.3 Å². The van der Waals surface area contributed by atoms with Crippen LogP contribution in [-0.4, -0.2) is 67.1 Å². The zero-order valence-corrected chi connectivity index (χ0v) is 14.2. The minimum Gasteiger partial charge on any atom is -0.355 e. The van der Waals surface area contributed by atoms with Gasteiger partial charge in [0.2, 0.25) is 0 Å². The van der Waals surface area contributed by atoms with Gasteiger partial charge in [-0.05, 0) is 43.4 Å². The smallest absolute Gasteiger partial charge is 0.128 e. The van der Waals surface area contributed by atoms with Gasteiger partial charge < -0.3 is 15.5 Å². The van der Waals surface area contributed by atoms with Crippen molar-refractivity contribution in [1.29, 1.82) is 0 Å². The third-order valence-corrected chi connectivity index (χ3v) is 5.78. The van der Waals surface area contributed by atoms with Crippen molar-refractivity contribution < 1.29 is 0 Å². The number of nitrogens with two attached hydrogens (primary N) is 1. The van der Waals surface area contributed by atoms with Crippen molar-refractivity contribution in [3.05, 3.63) is 23.9 Å². The van der Waals surface area contributed by atoms with E-state index in [-0.39, 0.29) is 0 Å². The molecule has 0 aromatic carbocycles. The Kier molecular flexibility index (Phi) is 4.26. The summed E-state index contributed by atoms with van der Waals surface area (Å²) in [5.41, 5.74) is 7.65. The Labute approximate surface area is 139 Å². The Hall–Kier alpha value is -1.17. The fourth-order valence-corrected chi connectivity index (χ4v) is 4.03. The van der Waals surface area contributed by atoms with Gasteiger partial charge in [-0.3, -0.25) is 4.90 Å². The molecule has 0 spiro atoms. The van der Waals surface area contributed by atoms with Gasteiger partial charge in [0.1, 0.15) is 5.82 Å². The van der Waals surface area contributed by atoms with Gasteiger partial charge >= 0.3 is 0 Å². The highest BCUT2D eigenvalue weighted by Crippen LogP contribution is 2.41. The highest BCUT2D eigenvalue weighted by atomic mass is 15.2. The molecular weight excluding hydrogens is 286 g/mol. The summed E-state index contributed by atoms with van der Waals surface area (Å²) in [6, 6.07) is 4.76. The summed E-state index contributed by atoms with van der Waals surface area (Å²) in [7, 11) is 2.20. The molecule has 0 radical (unpaired) electrons. The number of rotatable bonds is 4. The Morgan fingerprint density at radius 1 is 1.13 bits per heavy atom. The van der Waals surface area contributed by atoms with E-state index in [0.29, 0.717) is 12.0 Å². The van der Waals surface area contributed by atoms with E-state index in [0.717, 1.165) is 44.5 Å². The highest BCUT2D eigenvalue weighted by molar-refractivity contribution is 5.41. The van der Waals surface area contributed by atoms with Gasteiger partial charge in [0.25, 0.3) is 0 Å². The third kappa shape index (κ3) is 3.52. The molecule has 4 rings (SSSR count). The first-order valence-corrected chi connectivity index (χ1v) is 9.05. The number of piperazine rings is 1. The van der Waals surface area contributed by atoms with Crippen LogP contribution in [0.3, 0.4) is 0 Å². The van der Waals surface area contributed by atoms with Crippen LogP contribution >= 0.6 is 0 Å². The zero-order valence-electron chi connectivity index (χ0n) is 14.2.